The van der Waals surface area contributed by atoms with E-state index in [4.69, 9.17) is 9.47 Å². The molecule has 8 heteroatoms. The Morgan fingerprint density at radius 2 is 1.80 bits per heavy atom. The minimum Gasteiger partial charge on any atom is -0.497 e. The van der Waals surface area contributed by atoms with Gasteiger partial charge >= 0.3 is 6.18 Å². The Balaban J connectivity index is 1.87. The van der Waals surface area contributed by atoms with Gasteiger partial charge < -0.3 is 19.4 Å². The van der Waals surface area contributed by atoms with Crippen molar-refractivity contribution in [1.82, 2.24) is 4.57 Å². The summed E-state index contributed by atoms with van der Waals surface area (Å²) in [5.74, 6) is 0.187. The number of para-hydroxylation sites is 2. The molecular weight excluding hydrogens is 397 g/mol. The number of carbonyl (C=O) groups excluding carboxylic acids is 1. The molecule has 0 saturated carbocycles. The summed E-state index contributed by atoms with van der Waals surface area (Å²) in [6.45, 7) is 2.22. The normalized spacial score (nSPS) is 11.3. The average Bonchev–Trinajstić information content (AvgIpc) is 3.01. The van der Waals surface area contributed by atoms with E-state index in [9.17, 15) is 18.0 Å². The van der Waals surface area contributed by atoms with Gasteiger partial charge in [0.25, 0.3) is 5.91 Å². The Bertz CT molecular complexity index is 1060. The molecule has 0 aliphatic heterocycles. The Hall–Kier alpha value is -3.42. The number of benzene rings is 2. The van der Waals surface area contributed by atoms with Gasteiger partial charge in [-0.25, -0.2) is 0 Å². The van der Waals surface area contributed by atoms with Crippen molar-refractivity contribution in [3.63, 3.8) is 0 Å². The van der Waals surface area contributed by atoms with Crippen LogP contribution in [0.5, 0.6) is 11.5 Å². The molecule has 2 aromatic carbocycles. The van der Waals surface area contributed by atoms with Gasteiger partial charge in [-0.1, -0.05) is 18.2 Å². The van der Waals surface area contributed by atoms with E-state index in [0.29, 0.717) is 17.0 Å². The number of hydrogen-bond acceptors (Lipinski definition) is 3. The number of aryl methyl sites for hydroxylation is 1. The summed E-state index contributed by atoms with van der Waals surface area (Å²) in [4.78, 5) is 12.9. The van der Waals surface area contributed by atoms with Crippen LogP contribution in [0.4, 0.5) is 18.9 Å². The van der Waals surface area contributed by atoms with Crippen molar-refractivity contribution in [2.24, 2.45) is 0 Å². The van der Waals surface area contributed by atoms with Crippen molar-refractivity contribution in [2.45, 2.75) is 20.0 Å². The van der Waals surface area contributed by atoms with Crippen molar-refractivity contribution in [3.8, 4) is 17.2 Å². The number of hydrogen-bond donors (Lipinski definition) is 1. The highest BCUT2D eigenvalue weighted by Gasteiger charge is 2.29. The standard InChI is InChI=1S/C22H21F3N2O3/c1-14-11-18(15(2)27(14)16-7-6-8-17(12-16)29-3)21(28)26-19-9-4-5-10-20(19)30-13-22(23,24)25/h4-12H,13H2,1-3H3,(H,26,28). The Morgan fingerprint density at radius 1 is 1.07 bits per heavy atom. The summed E-state index contributed by atoms with van der Waals surface area (Å²) >= 11 is 0. The molecule has 0 radical (unpaired) electrons. The predicted molar refractivity (Wildman–Crippen MR) is 108 cm³/mol. The minimum atomic E-state index is -4.47. The van der Waals surface area contributed by atoms with Crippen molar-refractivity contribution < 1.29 is 27.4 Å². The second kappa shape index (κ2) is 8.52. The SMILES string of the molecule is COc1cccc(-n2c(C)cc(C(=O)Nc3ccccc3OCC(F)(F)F)c2C)c1. The highest BCUT2D eigenvalue weighted by molar-refractivity contribution is 6.06. The number of alkyl halides is 3. The van der Waals surface area contributed by atoms with Gasteiger partial charge in [0.2, 0.25) is 0 Å². The molecule has 30 heavy (non-hydrogen) atoms. The maximum atomic E-state index is 12.9. The first-order valence-corrected chi connectivity index (χ1v) is 9.13. The first-order valence-electron chi connectivity index (χ1n) is 9.13. The van der Waals surface area contributed by atoms with Gasteiger partial charge in [0.15, 0.2) is 6.61 Å². The van der Waals surface area contributed by atoms with Gasteiger partial charge in [-0.3, -0.25) is 4.79 Å². The predicted octanol–water partition coefficient (Wildman–Crippen LogP) is 5.30. The zero-order valence-corrected chi connectivity index (χ0v) is 16.7. The highest BCUT2D eigenvalue weighted by Crippen LogP contribution is 2.28. The molecule has 0 aliphatic carbocycles. The third-order valence-corrected chi connectivity index (χ3v) is 4.51. The molecule has 3 aromatic rings. The first-order chi connectivity index (χ1) is 14.2. The number of methoxy groups -OCH3 is 1. The van der Waals surface area contributed by atoms with Gasteiger partial charge in [-0.15, -0.1) is 0 Å². The number of nitrogens with zero attached hydrogens (tertiary/aromatic N) is 1. The maximum Gasteiger partial charge on any atom is 0.422 e. The summed E-state index contributed by atoms with van der Waals surface area (Å²) in [6.07, 6.45) is -4.47. The number of amides is 1. The van der Waals surface area contributed by atoms with Crippen molar-refractivity contribution in [1.29, 1.82) is 0 Å². The topological polar surface area (TPSA) is 52.5 Å². The van der Waals surface area contributed by atoms with Crippen LogP contribution in [-0.2, 0) is 0 Å². The number of ether oxygens (including phenoxy) is 2. The molecular formula is C22H21F3N2O3. The third-order valence-electron chi connectivity index (χ3n) is 4.51. The van der Waals surface area contributed by atoms with Crippen LogP contribution < -0.4 is 14.8 Å². The highest BCUT2D eigenvalue weighted by atomic mass is 19.4. The van der Waals surface area contributed by atoms with E-state index in [1.165, 1.54) is 18.2 Å². The molecule has 158 valence electrons. The fraction of sp³-hybridized carbons (Fsp3) is 0.227. The summed E-state index contributed by atoms with van der Waals surface area (Å²) in [5, 5.41) is 2.65. The van der Waals surface area contributed by atoms with Crippen LogP contribution in [0.3, 0.4) is 0 Å². The number of rotatable bonds is 6. The summed E-state index contributed by atoms with van der Waals surface area (Å²) in [7, 11) is 1.58. The van der Waals surface area contributed by atoms with Crippen LogP contribution in [0, 0.1) is 13.8 Å². The molecule has 5 nitrogen and oxygen atoms in total. The molecule has 1 amide bonds. The van der Waals surface area contributed by atoms with Gasteiger partial charge in [-0.2, -0.15) is 13.2 Å². The van der Waals surface area contributed by atoms with Crippen molar-refractivity contribution in [3.05, 3.63) is 71.5 Å². The fourth-order valence-electron chi connectivity index (χ4n) is 3.18. The van der Waals surface area contributed by atoms with E-state index in [-0.39, 0.29) is 11.4 Å². The lowest BCUT2D eigenvalue weighted by Gasteiger charge is -2.14. The van der Waals surface area contributed by atoms with Gasteiger partial charge in [0.05, 0.1) is 18.4 Å². The molecule has 1 N–H and O–H groups in total. The van der Waals surface area contributed by atoms with E-state index < -0.39 is 18.7 Å². The molecule has 0 bridgehead atoms. The average molecular weight is 418 g/mol. The van der Waals surface area contributed by atoms with E-state index >= 15 is 0 Å². The molecule has 0 saturated heterocycles. The summed E-state index contributed by atoms with van der Waals surface area (Å²) in [5.41, 5.74) is 2.91. The van der Waals surface area contributed by atoms with Gasteiger partial charge in [0.1, 0.15) is 11.5 Å². The second-order valence-electron chi connectivity index (χ2n) is 6.68. The minimum absolute atomic E-state index is 0.0511. The van der Waals surface area contributed by atoms with Crippen LogP contribution in [-0.4, -0.2) is 30.4 Å². The zero-order chi connectivity index (χ0) is 21.9. The molecule has 0 spiro atoms. The molecule has 0 atom stereocenters. The number of aromatic nitrogens is 1. The van der Waals surface area contributed by atoms with Crippen LogP contribution in [0.2, 0.25) is 0 Å². The quantitative estimate of drug-likeness (QED) is 0.591. The zero-order valence-electron chi connectivity index (χ0n) is 16.7. The maximum absolute atomic E-state index is 12.9. The number of halogens is 3. The van der Waals surface area contributed by atoms with Crippen LogP contribution >= 0.6 is 0 Å². The first kappa shape index (κ1) is 21.3. The molecule has 3 rings (SSSR count). The van der Waals surface area contributed by atoms with E-state index in [2.05, 4.69) is 5.32 Å². The summed E-state index contributed by atoms with van der Waals surface area (Å²) < 4.78 is 49.5. The fourth-order valence-corrected chi connectivity index (χ4v) is 3.18. The van der Waals surface area contributed by atoms with E-state index in [1.807, 2.05) is 35.8 Å². The van der Waals surface area contributed by atoms with Crippen LogP contribution in [0.15, 0.2) is 54.6 Å². The molecule has 1 heterocycles. The third kappa shape index (κ3) is 4.76. The smallest absolute Gasteiger partial charge is 0.422 e. The molecule has 0 aliphatic rings. The molecule has 0 fully saturated rings. The summed E-state index contributed by atoms with van der Waals surface area (Å²) in [6, 6.07) is 15.2. The number of nitrogens with one attached hydrogen (secondary N) is 1. The van der Waals surface area contributed by atoms with Gasteiger partial charge in [0, 0.05) is 23.1 Å². The monoisotopic (exact) mass is 418 g/mol. The second-order valence-corrected chi connectivity index (χ2v) is 6.68. The molecule has 1 aromatic heterocycles. The van der Waals surface area contributed by atoms with Crippen molar-refractivity contribution >= 4 is 11.6 Å². The Kier molecular flexibility index (Phi) is 6.05. The Labute approximate surface area is 172 Å². The molecule has 0 unspecified atom stereocenters. The largest absolute Gasteiger partial charge is 0.497 e. The lowest BCUT2D eigenvalue weighted by atomic mass is 10.2. The Morgan fingerprint density at radius 3 is 2.50 bits per heavy atom. The van der Waals surface area contributed by atoms with E-state index in [1.54, 1.807) is 26.2 Å². The van der Waals surface area contributed by atoms with Gasteiger partial charge in [-0.05, 0) is 44.2 Å². The lowest BCUT2D eigenvalue weighted by molar-refractivity contribution is -0.153. The number of anilines is 1. The lowest BCUT2D eigenvalue weighted by Crippen LogP contribution is -2.20. The van der Waals surface area contributed by atoms with Crippen molar-refractivity contribution in [2.75, 3.05) is 19.0 Å². The number of carbonyl (C=O) groups is 1. The van der Waals surface area contributed by atoms with Crippen LogP contribution in [0.1, 0.15) is 21.7 Å². The van der Waals surface area contributed by atoms with Crippen LogP contribution in [0.25, 0.3) is 5.69 Å². The van der Waals surface area contributed by atoms with E-state index in [0.717, 1.165) is 11.4 Å².